The van der Waals surface area contributed by atoms with Gasteiger partial charge in [0.25, 0.3) is 0 Å². The van der Waals surface area contributed by atoms with Gasteiger partial charge < -0.3 is 4.74 Å². The van der Waals surface area contributed by atoms with Gasteiger partial charge >= 0.3 is 5.97 Å². The fourth-order valence-corrected chi connectivity index (χ4v) is 2.01. The highest BCUT2D eigenvalue weighted by atomic mass is 32.1. The molecule has 0 amide bonds. The lowest BCUT2D eigenvalue weighted by atomic mass is 10.3. The van der Waals surface area contributed by atoms with Gasteiger partial charge in [-0.05, 0) is 26.0 Å². The molecular weight excluding hydrogens is 276 g/mol. The van der Waals surface area contributed by atoms with E-state index in [4.69, 9.17) is 4.74 Å². The Bertz CT molecular complexity index is 610. The predicted octanol–water partition coefficient (Wildman–Crippen LogP) is 2.55. The van der Waals surface area contributed by atoms with Crippen LogP contribution in [0.15, 0.2) is 34.9 Å². The maximum Gasteiger partial charge on any atom is 0.357 e. The van der Waals surface area contributed by atoms with E-state index in [0.717, 1.165) is 11.4 Å². The summed E-state index contributed by atoms with van der Waals surface area (Å²) in [6.07, 6.45) is 1.70. The maximum absolute atomic E-state index is 11.5. The van der Waals surface area contributed by atoms with Crippen molar-refractivity contribution in [2.24, 2.45) is 5.10 Å². The minimum atomic E-state index is -0.428. The van der Waals surface area contributed by atoms with Crippen molar-refractivity contribution in [3.8, 4) is 0 Å². The standard InChI is InChI=1S/C13H14N4O2S/c1-3-19-12(18)11-8-20-13(15-11)17-16-9(2)10-6-4-5-7-14-10/h4-8H,3H2,1-2H3,(H,15,17)/b16-9+. The van der Waals surface area contributed by atoms with Crippen molar-refractivity contribution in [3.63, 3.8) is 0 Å². The van der Waals surface area contributed by atoms with Crippen molar-refractivity contribution in [2.75, 3.05) is 12.0 Å². The summed E-state index contributed by atoms with van der Waals surface area (Å²) in [5.74, 6) is -0.428. The van der Waals surface area contributed by atoms with Crippen LogP contribution in [0.1, 0.15) is 30.0 Å². The molecule has 2 aromatic rings. The molecule has 0 aliphatic rings. The molecular formula is C13H14N4O2S. The lowest BCUT2D eigenvalue weighted by molar-refractivity contribution is 0.0520. The third kappa shape index (κ3) is 3.61. The molecule has 0 aromatic carbocycles. The number of ether oxygens (including phenoxy) is 1. The maximum atomic E-state index is 11.5. The van der Waals surface area contributed by atoms with E-state index in [0.29, 0.717) is 11.7 Å². The number of nitrogens with one attached hydrogen (secondary N) is 1. The first kappa shape index (κ1) is 14.1. The lowest BCUT2D eigenvalue weighted by Crippen LogP contribution is -2.05. The van der Waals surface area contributed by atoms with E-state index in [2.05, 4.69) is 20.5 Å². The summed E-state index contributed by atoms with van der Waals surface area (Å²) >= 11 is 1.29. The first-order chi connectivity index (χ1) is 9.70. The summed E-state index contributed by atoms with van der Waals surface area (Å²) in [5.41, 5.74) is 4.60. The van der Waals surface area contributed by atoms with Crippen molar-refractivity contribution >= 4 is 28.1 Å². The molecule has 6 nitrogen and oxygen atoms in total. The third-order valence-corrected chi connectivity index (χ3v) is 3.09. The molecule has 0 aliphatic carbocycles. The summed E-state index contributed by atoms with van der Waals surface area (Å²) in [6, 6.07) is 5.60. The van der Waals surface area contributed by atoms with E-state index < -0.39 is 5.97 Å². The minimum Gasteiger partial charge on any atom is -0.461 e. The Hall–Kier alpha value is -2.28. The zero-order chi connectivity index (χ0) is 14.4. The number of aromatic nitrogens is 2. The van der Waals surface area contributed by atoms with Gasteiger partial charge in [-0.1, -0.05) is 6.07 Å². The van der Waals surface area contributed by atoms with Gasteiger partial charge in [0, 0.05) is 11.6 Å². The molecule has 0 aliphatic heterocycles. The van der Waals surface area contributed by atoms with Gasteiger partial charge in [-0.15, -0.1) is 11.3 Å². The largest absolute Gasteiger partial charge is 0.461 e. The number of carbonyl (C=O) groups is 1. The molecule has 0 bridgehead atoms. The normalized spacial score (nSPS) is 11.2. The van der Waals surface area contributed by atoms with Crippen molar-refractivity contribution in [1.29, 1.82) is 0 Å². The lowest BCUT2D eigenvalue weighted by Gasteiger charge is -1.99. The average molecular weight is 290 g/mol. The van der Waals surface area contributed by atoms with Gasteiger partial charge in [-0.25, -0.2) is 9.78 Å². The van der Waals surface area contributed by atoms with Gasteiger partial charge in [0.15, 0.2) is 5.69 Å². The molecule has 0 saturated heterocycles. The van der Waals surface area contributed by atoms with Crippen LogP contribution >= 0.6 is 11.3 Å². The van der Waals surface area contributed by atoms with E-state index in [-0.39, 0.29) is 5.69 Å². The molecule has 7 heteroatoms. The van der Waals surface area contributed by atoms with Crippen LogP contribution in [0.5, 0.6) is 0 Å². The highest BCUT2D eigenvalue weighted by Gasteiger charge is 2.11. The molecule has 2 rings (SSSR count). The van der Waals surface area contributed by atoms with Crippen LogP contribution in [0.2, 0.25) is 0 Å². The number of hydrogen-bond donors (Lipinski definition) is 1. The number of nitrogens with zero attached hydrogens (tertiary/aromatic N) is 3. The Labute approximate surface area is 120 Å². The Kier molecular flexibility index (Phi) is 4.78. The topological polar surface area (TPSA) is 76.5 Å². The number of carbonyl (C=O) groups excluding carboxylic acids is 1. The van der Waals surface area contributed by atoms with Crippen molar-refractivity contribution in [2.45, 2.75) is 13.8 Å². The Balaban J connectivity index is 2.02. The number of hydrogen-bond acceptors (Lipinski definition) is 7. The van der Waals surface area contributed by atoms with E-state index in [9.17, 15) is 4.79 Å². The van der Waals surface area contributed by atoms with E-state index in [1.807, 2.05) is 25.1 Å². The van der Waals surface area contributed by atoms with Crippen LogP contribution in [0.25, 0.3) is 0 Å². The smallest absolute Gasteiger partial charge is 0.357 e. The number of rotatable bonds is 5. The fraction of sp³-hybridized carbons (Fsp3) is 0.231. The minimum absolute atomic E-state index is 0.282. The summed E-state index contributed by atoms with van der Waals surface area (Å²) in [7, 11) is 0. The first-order valence-corrected chi connectivity index (χ1v) is 6.93. The molecule has 104 valence electrons. The molecule has 20 heavy (non-hydrogen) atoms. The van der Waals surface area contributed by atoms with Crippen LogP contribution in [0.3, 0.4) is 0 Å². The molecule has 0 spiro atoms. The van der Waals surface area contributed by atoms with Crippen LogP contribution in [-0.4, -0.2) is 28.3 Å². The molecule has 0 radical (unpaired) electrons. The zero-order valence-electron chi connectivity index (χ0n) is 11.2. The summed E-state index contributed by atoms with van der Waals surface area (Å²) in [4.78, 5) is 19.8. The Morgan fingerprint density at radius 3 is 3.00 bits per heavy atom. The van der Waals surface area contributed by atoms with Crippen molar-refractivity contribution < 1.29 is 9.53 Å². The highest BCUT2D eigenvalue weighted by Crippen LogP contribution is 2.16. The molecule has 0 atom stereocenters. The van der Waals surface area contributed by atoms with Crippen LogP contribution in [0.4, 0.5) is 5.13 Å². The van der Waals surface area contributed by atoms with Gasteiger partial charge in [0.2, 0.25) is 5.13 Å². The second-order valence-corrected chi connectivity index (χ2v) is 4.64. The molecule has 2 heterocycles. The number of anilines is 1. The summed E-state index contributed by atoms with van der Waals surface area (Å²) in [6.45, 7) is 3.93. The van der Waals surface area contributed by atoms with E-state index >= 15 is 0 Å². The molecule has 0 saturated carbocycles. The Morgan fingerprint density at radius 2 is 2.30 bits per heavy atom. The average Bonchev–Trinajstić information content (AvgIpc) is 2.95. The van der Waals surface area contributed by atoms with E-state index in [1.54, 1.807) is 18.5 Å². The van der Waals surface area contributed by atoms with E-state index in [1.165, 1.54) is 11.3 Å². The monoisotopic (exact) mass is 290 g/mol. The SMILES string of the molecule is CCOC(=O)c1csc(N/N=C(\C)c2ccccn2)n1. The van der Waals surface area contributed by atoms with Gasteiger partial charge in [0.05, 0.1) is 18.0 Å². The molecule has 2 aromatic heterocycles. The second kappa shape index (κ2) is 6.76. The summed E-state index contributed by atoms with van der Waals surface area (Å²) in [5, 5.41) is 6.35. The van der Waals surface area contributed by atoms with Crippen LogP contribution in [-0.2, 0) is 4.74 Å². The third-order valence-electron chi connectivity index (χ3n) is 2.34. The fourth-order valence-electron chi connectivity index (χ4n) is 1.39. The highest BCUT2D eigenvalue weighted by molar-refractivity contribution is 7.13. The quantitative estimate of drug-likeness (QED) is 0.520. The second-order valence-electron chi connectivity index (χ2n) is 3.78. The number of pyridine rings is 1. The van der Waals surface area contributed by atoms with Crippen LogP contribution < -0.4 is 5.43 Å². The molecule has 1 N–H and O–H groups in total. The predicted molar refractivity (Wildman–Crippen MR) is 78.1 cm³/mol. The van der Waals surface area contributed by atoms with Gasteiger partial charge in [-0.2, -0.15) is 5.10 Å². The van der Waals surface area contributed by atoms with Crippen LogP contribution in [0, 0.1) is 0 Å². The zero-order valence-corrected chi connectivity index (χ0v) is 12.0. The summed E-state index contributed by atoms with van der Waals surface area (Å²) < 4.78 is 4.87. The number of hydrazone groups is 1. The van der Waals surface area contributed by atoms with Gasteiger partial charge in [-0.3, -0.25) is 10.4 Å². The van der Waals surface area contributed by atoms with Gasteiger partial charge in [0.1, 0.15) is 0 Å². The van der Waals surface area contributed by atoms with Crippen molar-refractivity contribution in [3.05, 3.63) is 41.2 Å². The van der Waals surface area contributed by atoms with Crippen molar-refractivity contribution in [1.82, 2.24) is 9.97 Å². The molecule has 0 fully saturated rings. The number of esters is 1. The number of thiazole rings is 1. The Morgan fingerprint density at radius 1 is 1.45 bits per heavy atom. The first-order valence-electron chi connectivity index (χ1n) is 6.05. The molecule has 0 unspecified atom stereocenters.